The van der Waals surface area contributed by atoms with Gasteiger partial charge in [-0.05, 0) is 36.8 Å². The number of nitrogens with one attached hydrogen (secondary N) is 1. The summed E-state index contributed by atoms with van der Waals surface area (Å²) in [5.41, 5.74) is 2.07. The summed E-state index contributed by atoms with van der Waals surface area (Å²) < 4.78 is 20.1. The monoisotopic (exact) mass is 339 g/mol. The Balaban J connectivity index is 1.73. The van der Waals surface area contributed by atoms with Crippen LogP contribution in [0.4, 0.5) is 4.39 Å². The number of halogens is 1. The van der Waals surface area contributed by atoms with Gasteiger partial charge in [0.1, 0.15) is 0 Å². The highest BCUT2D eigenvalue weighted by molar-refractivity contribution is 5.94. The van der Waals surface area contributed by atoms with E-state index in [9.17, 15) is 9.18 Å². The molecule has 1 atom stereocenters. The maximum atomic E-state index is 13.5. The summed E-state index contributed by atoms with van der Waals surface area (Å²) in [7, 11) is 1.41. The fourth-order valence-corrected chi connectivity index (χ4v) is 2.47. The first kappa shape index (κ1) is 16.7. The standard InChI is InChI=1S/C19H18FN3O2/c1-13(14-8-9-17(20)18(10-14)25-2)22-19(24)15-11-21-23(12-15)16-6-4-3-5-7-16/h3-13H,1-2H3,(H,22,24)/t13-/m0/s1. The fraction of sp³-hybridized carbons (Fsp3) is 0.158. The number of nitrogens with zero attached hydrogens (tertiary/aromatic N) is 2. The Bertz CT molecular complexity index is 877. The number of rotatable bonds is 5. The predicted molar refractivity (Wildman–Crippen MR) is 92.4 cm³/mol. The summed E-state index contributed by atoms with van der Waals surface area (Å²) in [6.45, 7) is 1.83. The number of aromatic nitrogens is 2. The van der Waals surface area contributed by atoms with E-state index in [4.69, 9.17) is 4.74 Å². The van der Waals surface area contributed by atoms with Crippen LogP contribution in [0.3, 0.4) is 0 Å². The average molecular weight is 339 g/mol. The number of carbonyl (C=O) groups is 1. The van der Waals surface area contributed by atoms with Crippen molar-refractivity contribution in [1.82, 2.24) is 15.1 Å². The molecule has 1 heterocycles. The molecule has 25 heavy (non-hydrogen) atoms. The van der Waals surface area contributed by atoms with Crippen molar-refractivity contribution >= 4 is 5.91 Å². The van der Waals surface area contributed by atoms with Crippen molar-refractivity contribution in [2.75, 3.05) is 7.11 Å². The van der Waals surface area contributed by atoms with Gasteiger partial charge in [-0.1, -0.05) is 24.3 Å². The number of hydrogen-bond acceptors (Lipinski definition) is 3. The number of ether oxygens (including phenoxy) is 1. The van der Waals surface area contributed by atoms with Crippen molar-refractivity contribution in [3.05, 3.63) is 77.9 Å². The predicted octanol–water partition coefficient (Wildman–Crippen LogP) is 3.51. The lowest BCUT2D eigenvalue weighted by molar-refractivity contribution is 0.0940. The van der Waals surface area contributed by atoms with Crippen LogP contribution < -0.4 is 10.1 Å². The van der Waals surface area contributed by atoms with Crippen molar-refractivity contribution in [3.63, 3.8) is 0 Å². The summed E-state index contributed by atoms with van der Waals surface area (Å²) in [5.74, 6) is -0.539. The largest absolute Gasteiger partial charge is 0.494 e. The van der Waals surface area contributed by atoms with Gasteiger partial charge in [-0.2, -0.15) is 5.10 Å². The molecule has 0 unspecified atom stereocenters. The van der Waals surface area contributed by atoms with Crippen molar-refractivity contribution in [2.45, 2.75) is 13.0 Å². The number of methoxy groups -OCH3 is 1. The highest BCUT2D eigenvalue weighted by Crippen LogP contribution is 2.22. The van der Waals surface area contributed by atoms with Crippen molar-refractivity contribution < 1.29 is 13.9 Å². The van der Waals surface area contributed by atoms with Crippen LogP contribution in [0.1, 0.15) is 28.9 Å². The normalized spacial score (nSPS) is 11.8. The molecule has 3 rings (SSSR count). The molecule has 0 saturated heterocycles. The highest BCUT2D eigenvalue weighted by atomic mass is 19.1. The molecule has 1 amide bonds. The molecule has 0 aliphatic rings. The molecule has 0 bridgehead atoms. The molecule has 0 aliphatic carbocycles. The zero-order valence-corrected chi connectivity index (χ0v) is 13.9. The van der Waals surface area contributed by atoms with E-state index in [0.29, 0.717) is 5.56 Å². The maximum Gasteiger partial charge on any atom is 0.254 e. The second-order valence-electron chi connectivity index (χ2n) is 5.60. The van der Waals surface area contributed by atoms with E-state index < -0.39 is 5.82 Å². The Kier molecular flexibility index (Phi) is 4.79. The van der Waals surface area contributed by atoms with Crippen LogP contribution in [0.2, 0.25) is 0 Å². The molecule has 128 valence electrons. The van der Waals surface area contributed by atoms with Crippen LogP contribution in [0.25, 0.3) is 5.69 Å². The molecule has 0 fully saturated rings. The van der Waals surface area contributed by atoms with Crippen LogP contribution in [-0.2, 0) is 0 Å². The van der Waals surface area contributed by atoms with Gasteiger partial charge in [-0.25, -0.2) is 9.07 Å². The Hall–Kier alpha value is -3.15. The van der Waals surface area contributed by atoms with E-state index in [2.05, 4.69) is 10.4 Å². The van der Waals surface area contributed by atoms with E-state index in [1.807, 2.05) is 37.3 Å². The van der Waals surface area contributed by atoms with E-state index in [1.54, 1.807) is 23.0 Å². The molecule has 0 radical (unpaired) electrons. The van der Waals surface area contributed by atoms with Crippen LogP contribution >= 0.6 is 0 Å². The minimum Gasteiger partial charge on any atom is -0.494 e. The topological polar surface area (TPSA) is 56.1 Å². The van der Waals surface area contributed by atoms with Gasteiger partial charge in [0.25, 0.3) is 5.91 Å². The molecule has 3 aromatic rings. The first-order valence-corrected chi connectivity index (χ1v) is 7.83. The molecular weight excluding hydrogens is 321 g/mol. The van der Waals surface area contributed by atoms with Crippen LogP contribution in [0.15, 0.2) is 60.9 Å². The minimum absolute atomic E-state index is 0.149. The molecular formula is C19H18FN3O2. The summed E-state index contributed by atoms with van der Waals surface area (Å²) in [6, 6.07) is 13.8. The Morgan fingerprint density at radius 1 is 1.24 bits per heavy atom. The third-order valence-electron chi connectivity index (χ3n) is 3.89. The van der Waals surface area contributed by atoms with E-state index in [0.717, 1.165) is 11.3 Å². The quantitative estimate of drug-likeness (QED) is 0.774. The Labute approximate surface area is 145 Å². The number of hydrogen-bond donors (Lipinski definition) is 1. The Morgan fingerprint density at radius 3 is 2.72 bits per heavy atom. The van der Waals surface area contributed by atoms with Crippen LogP contribution in [-0.4, -0.2) is 22.8 Å². The van der Waals surface area contributed by atoms with Crippen molar-refractivity contribution in [1.29, 1.82) is 0 Å². The molecule has 0 spiro atoms. The molecule has 1 aromatic heterocycles. The zero-order chi connectivity index (χ0) is 17.8. The first-order chi connectivity index (χ1) is 12.1. The van der Waals surface area contributed by atoms with Gasteiger partial charge < -0.3 is 10.1 Å². The van der Waals surface area contributed by atoms with E-state index in [1.165, 1.54) is 19.4 Å². The molecule has 5 nitrogen and oxygen atoms in total. The molecule has 1 N–H and O–H groups in total. The maximum absolute atomic E-state index is 13.5. The summed E-state index contributed by atoms with van der Waals surface area (Å²) in [5, 5.41) is 7.09. The lowest BCUT2D eigenvalue weighted by Crippen LogP contribution is -2.26. The fourth-order valence-electron chi connectivity index (χ4n) is 2.47. The molecule has 2 aromatic carbocycles. The molecule has 6 heteroatoms. The van der Waals surface area contributed by atoms with E-state index in [-0.39, 0.29) is 17.7 Å². The lowest BCUT2D eigenvalue weighted by Gasteiger charge is -2.15. The second kappa shape index (κ2) is 7.17. The van der Waals surface area contributed by atoms with Gasteiger partial charge in [-0.15, -0.1) is 0 Å². The minimum atomic E-state index is -0.436. The van der Waals surface area contributed by atoms with Gasteiger partial charge in [0, 0.05) is 6.20 Å². The van der Waals surface area contributed by atoms with Crippen molar-refractivity contribution in [3.8, 4) is 11.4 Å². The van der Waals surface area contributed by atoms with Gasteiger partial charge in [-0.3, -0.25) is 4.79 Å². The summed E-state index contributed by atoms with van der Waals surface area (Å²) >= 11 is 0. The smallest absolute Gasteiger partial charge is 0.254 e. The highest BCUT2D eigenvalue weighted by Gasteiger charge is 2.15. The van der Waals surface area contributed by atoms with Gasteiger partial charge in [0.15, 0.2) is 11.6 Å². The number of carbonyl (C=O) groups excluding carboxylic acids is 1. The number of para-hydroxylation sites is 1. The number of amides is 1. The van der Waals surface area contributed by atoms with Crippen LogP contribution in [0, 0.1) is 5.82 Å². The third-order valence-corrected chi connectivity index (χ3v) is 3.89. The second-order valence-corrected chi connectivity index (χ2v) is 5.60. The van der Waals surface area contributed by atoms with Crippen LogP contribution in [0.5, 0.6) is 5.75 Å². The van der Waals surface area contributed by atoms with E-state index >= 15 is 0 Å². The van der Waals surface area contributed by atoms with Gasteiger partial charge >= 0.3 is 0 Å². The summed E-state index contributed by atoms with van der Waals surface area (Å²) in [6.07, 6.45) is 3.18. The van der Waals surface area contributed by atoms with Gasteiger partial charge in [0.05, 0.1) is 30.6 Å². The summed E-state index contributed by atoms with van der Waals surface area (Å²) in [4.78, 5) is 12.4. The molecule has 0 saturated carbocycles. The average Bonchev–Trinajstić information content (AvgIpc) is 3.13. The molecule has 0 aliphatic heterocycles. The van der Waals surface area contributed by atoms with Crippen molar-refractivity contribution in [2.24, 2.45) is 0 Å². The number of benzene rings is 2. The first-order valence-electron chi connectivity index (χ1n) is 7.83. The zero-order valence-electron chi connectivity index (χ0n) is 13.9. The SMILES string of the molecule is COc1cc([C@H](C)NC(=O)c2cnn(-c3ccccc3)c2)ccc1F. The van der Waals surface area contributed by atoms with Gasteiger partial charge in [0.2, 0.25) is 0 Å². The third kappa shape index (κ3) is 3.68. The lowest BCUT2D eigenvalue weighted by atomic mass is 10.1. The Morgan fingerprint density at radius 2 is 2.00 bits per heavy atom.